The number of anilines is 2. The largest absolute Gasteiger partial charge is 0.497 e. The van der Waals surface area contributed by atoms with Crippen molar-refractivity contribution in [1.29, 1.82) is 0 Å². The van der Waals surface area contributed by atoms with Gasteiger partial charge in [0.2, 0.25) is 5.91 Å². The highest BCUT2D eigenvalue weighted by Gasteiger charge is 2.12. The van der Waals surface area contributed by atoms with Gasteiger partial charge >= 0.3 is 6.61 Å². The Kier molecular flexibility index (Phi) is 6.39. The Morgan fingerprint density at radius 1 is 1.00 bits per heavy atom. The smallest absolute Gasteiger partial charge is 0.387 e. The first-order valence-corrected chi connectivity index (χ1v) is 7.32. The zero-order valence-corrected chi connectivity index (χ0v) is 13.7. The molecule has 0 aliphatic rings. The van der Waals surface area contributed by atoms with Gasteiger partial charge in [-0.1, -0.05) is 0 Å². The van der Waals surface area contributed by atoms with Gasteiger partial charge in [-0.05, 0) is 36.4 Å². The van der Waals surface area contributed by atoms with Crippen molar-refractivity contribution in [3.05, 3.63) is 42.5 Å². The van der Waals surface area contributed by atoms with Gasteiger partial charge in [0.05, 0.1) is 20.8 Å². The predicted molar refractivity (Wildman–Crippen MR) is 89.7 cm³/mol. The normalized spacial score (nSPS) is 10.3. The van der Waals surface area contributed by atoms with E-state index in [0.29, 0.717) is 17.1 Å². The Bertz CT molecular complexity index is 708. The molecule has 0 atom stereocenters. The Morgan fingerprint density at radius 3 is 2.28 bits per heavy atom. The van der Waals surface area contributed by atoms with E-state index in [-0.39, 0.29) is 24.0 Å². The van der Waals surface area contributed by atoms with E-state index in [1.54, 1.807) is 37.4 Å². The van der Waals surface area contributed by atoms with Crippen LogP contribution in [0.4, 0.5) is 20.2 Å². The molecule has 25 heavy (non-hydrogen) atoms. The van der Waals surface area contributed by atoms with E-state index in [0.717, 1.165) is 0 Å². The maximum absolute atomic E-state index is 12.4. The first kappa shape index (κ1) is 18.3. The highest BCUT2D eigenvalue weighted by atomic mass is 19.3. The molecule has 0 fully saturated rings. The Labute approximate surface area is 143 Å². The number of amides is 1. The van der Waals surface area contributed by atoms with Crippen molar-refractivity contribution in [3.63, 3.8) is 0 Å². The van der Waals surface area contributed by atoms with Crippen LogP contribution in [0.1, 0.15) is 0 Å². The molecule has 0 saturated carbocycles. The second-order valence-corrected chi connectivity index (χ2v) is 4.87. The minimum Gasteiger partial charge on any atom is -0.497 e. The molecule has 134 valence electrons. The Hall–Kier alpha value is -3.03. The van der Waals surface area contributed by atoms with Crippen molar-refractivity contribution in [3.8, 4) is 17.2 Å². The maximum atomic E-state index is 12.4. The summed E-state index contributed by atoms with van der Waals surface area (Å²) in [5.41, 5.74) is 1.06. The van der Waals surface area contributed by atoms with Crippen molar-refractivity contribution in [2.75, 3.05) is 31.4 Å². The number of benzene rings is 2. The van der Waals surface area contributed by atoms with Crippen molar-refractivity contribution >= 4 is 17.3 Å². The van der Waals surface area contributed by atoms with Crippen LogP contribution in [0.3, 0.4) is 0 Å². The summed E-state index contributed by atoms with van der Waals surface area (Å²) in [4.78, 5) is 11.9. The predicted octanol–water partition coefficient (Wildman–Crippen LogP) is 3.36. The van der Waals surface area contributed by atoms with Crippen molar-refractivity contribution in [2.45, 2.75) is 6.61 Å². The number of hydrogen-bond acceptors (Lipinski definition) is 5. The number of nitrogens with one attached hydrogen (secondary N) is 2. The third-order valence-corrected chi connectivity index (χ3v) is 3.21. The molecular formula is C17H18F2N2O4. The second-order valence-electron chi connectivity index (χ2n) is 4.87. The molecule has 2 N–H and O–H groups in total. The number of alkyl halides is 2. The summed E-state index contributed by atoms with van der Waals surface area (Å²) in [5.74, 6) is 0.449. The topological polar surface area (TPSA) is 68.8 Å². The molecule has 1 amide bonds. The van der Waals surface area contributed by atoms with E-state index in [2.05, 4.69) is 15.4 Å². The number of rotatable bonds is 8. The highest BCUT2D eigenvalue weighted by molar-refractivity contribution is 5.93. The fourth-order valence-corrected chi connectivity index (χ4v) is 2.04. The molecule has 0 heterocycles. The summed E-state index contributed by atoms with van der Waals surface area (Å²) in [5, 5.41) is 5.53. The minimum atomic E-state index is -2.97. The van der Waals surface area contributed by atoms with E-state index in [9.17, 15) is 13.6 Å². The molecule has 8 heteroatoms. The van der Waals surface area contributed by atoms with E-state index in [4.69, 9.17) is 9.47 Å². The molecule has 2 aromatic carbocycles. The van der Waals surface area contributed by atoms with E-state index < -0.39 is 6.61 Å². The number of ether oxygens (including phenoxy) is 3. The van der Waals surface area contributed by atoms with Crippen LogP contribution in [0, 0.1) is 0 Å². The van der Waals surface area contributed by atoms with E-state index in [1.807, 2.05) is 0 Å². The summed E-state index contributed by atoms with van der Waals surface area (Å²) in [6.07, 6.45) is 0. The number of methoxy groups -OCH3 is 2. The average molecular weight is 352 g/mol. The Balaban J connectivity index is 1.94. The molecule has 2 rings (SSSR count). The van der Waals surface area contributed by atoms with Gasteiger partial charge in [0.25, 0.3) is 0 Å². The van der Waals surface area contributed by atoms with Crippen LogP contribution in [0.5, 0.6) is 17.2 Å². The molecule has 0 bridgehead atoms. The van der Waals surface area contributed by atoms with Gasteiger partial charge in [0.15, 0.2) is 11.5 Å². The molecule has 0 radical (unpaired) electrons. The summed E-state index contributed by atoms with van der Waals surface area (Å²) >= 11 is 0. The highest BCUT2D eigenvalue weighted by Crippen LogP contribution is 2.31. The first-order valence-electron chi connectivity index (χ1n) is 7.32. The lowest BCUT2D eigenvalue weighted by atomic mass is 10.2. The summed E-state index contributed by atoms with van der Waals surface area (Å²) in [6, 6.07) is 11.3. The van der Waals surface area contributed by atoms with Gasteiger partial charge in [0.1, 0.15) is 5.75 Å². The van der Waals surface area contributed by atoms with Crippen molar-refractivity contribution in [1.82, 2.24) is 0 Å². The molecule has 0 spiro atoms. The molecule has 6 nitrogen and oxygen atoms in total. The SMILES string of the molecule is COc1ccc(NC(=O)CNc2ccc(OC)c(OC(F)F)c2)cc1. The third kappa shape index (κ3) is 5.52. The third-order valence-electron chi connectivity index (χ3n) is 3.21. The summed E-state index contributed by atoms with van der Waals surface area (Å²) in [6.45, 7) is -3.02. The zero-order valence-electron chi connectivity index (χ0n) is 13.7. The van der Waals surface area contributed by atoms with Crippen LogP contribution in [-0.4, -0.2) is 33.3 Å². The average Bonchev–Trinajstić information content (AvgIpc) is 2.60. The number of halogens is 2. The minimum absolute atomic E-state index is 0.0491. The van der Waals surface area contributed by atoms with Gasteiger partial charge in [-0.25, -0.2) is 0 Å². The number of hydrogen-bond donors (Lipinski definition) is 2. The monoisotopic (exact) mass is 352 g/mol. The number of carbonyl (C=O) groups excluding carboxylic acids is 1. The quantitative estimate of drug-likeness (QED) is 0.762. The van der Waals surface area contributed by atoms with Crippen LogP contribution < -0.4 is 24.8 Å². The van der Waals surface area contributed by atoms with Gasteiger partial charge in [-0.2, -0.15) is 8.78 Å². The lowest BCUT2D eigenvalue weighted by molar-refractivity contribution is -0.114. The summed E-state index contributed by atoms with van der Waals surface area (Å²) < 4.78 is 39.2. The van der Waals surface area contributed by atoms with Gasteiger partial charge in [0, 0.05) is 17.4 Å². The maximum Gasteiger partial charge on any atom is 0.387 e. The van der Waals surface area contributed by atoms with E-state index in [1.165, 1.54) is 19.2 Å². The molecule has 0 unspecified atom stereocenters. The van der Waals surface area contributed by atoms with Crippen LogP contribution in [0.15, 0.2) is 42.5 Å². The number of carbonyl (C=O) groups is 1. The fourth-order valence-electron chi connectivity index (χ4n) is 2.04. The van der Waals surface area contributed by atoms with Crippen LogP contribution in [0.2, 0.25) is 0 Å². The molecular weight excluding hydrogens is 334 g/mol. The van der Waals surface area contributed by atoms with Crippen molar-refractivity contribution in [2.24, 2.45) is 0 Å². The standard InChI is InChI=1S/C17H18F2N2O4/c1-23-13-6-3-11(4-7-13)21-16(22)10-20-12-5-8-14(24-2)15(9-12)25-17(18)19/h3-9,17,20H,10H2,1-2H3,(H,21,22). The zero-order chi connectivity index (χ0) is 18.2. The van der Waals surface area contributed by atoms with Crippen LogP contribution in [-0.2, 0) is 4.79 Å². The van der Waals surface area contributed by atoms with Crippen LogP contribution >= 0.6 is 0 Å². The van der Waals surface area contributed by atoms with Crippen molar-refractivity contribution < 1.29 is 27.8 Å². The van der Waals surface area contributed by atoms with Crippen LogP contribution in [0.25, 0.3) is 0 Å². The molecule has 0 saturated heterocycles. The molecule has 0 aliphatic carbocycles. The fraction of sp³-hybridized carbons (Fsp3) is 0.235. The molecule has 0 aliphatic heterocycles. The van der Waals surface area contributed by atoms with Gasteiger partial charge < -0.3 is 24.8 Å². The second kappa shape index (κ2) is 8.72. The van der Waals surface area contributed by atoms with E-state index >= 15 is 0 Å². The lowest BCUT2D eigenvalue weighted by Gasteiger charge is -2.13. The summed E-state index contributed by atoms with van der Waals surface area (Å²) in [7, 11) is 2.90. The van der Waals surface area contributed by atoms with Gasteiger partial charge in [-0.3, -0.25) is 4.79 Å². The molecule has 0 aromatic heterocycles. The molecule has 2 aromatic rings. The first-order chi connectivity index (χ1) is 12.0. The Morgan fingerprint density at radius 2 is 1.68 bits per heavy atom. The lowest BCUT2D eigenvalue weighted by Crippen LogP contribution is -2.21. The van der Waals surface area contributed by atoms with Gasteiger partial charge in [-0.15, -0.1) is 0 Å².